The lowest BCUT2D eigenvalue weighted by molar-refractivity contribution is -0.138. The van der Waals surface area contributed by atoms with Gasteiger partial charge in [-0.05, 0) is 30.8 Å². The van der Waals surface area contributed by atoms with Gasteiger partial charge in [0, 0.05) is 6.54 Å². The third-order valence-corrected chi connectivity index (χ3v) is 2.47. The van der Waals surface area contributed by atoms with E-state index >= 15 is 0 Å². The number of hydrogen-bond acceptors (Lipinski definition) is 4. The van der Waals surface area contributed by atoms with Crippen molar-refractivity contribution in [2.75, 3.05) is 26.2 Å². The Bertz CT molecular complexity index is 423. The van der Waals surface area contributed by atoms with Crippen LogP contribution in [0.15, 0.2) is 24.3 Å². The van der Waals surface area contributed by atoms with Gasteiger partial charge in [-0.2, -0.15) is 5.26 Å². The van der Waals surface area contributed by atoms with Crippen LogP contribution in [0.5, 0.6) is 5.75 Å². The Morgan fingerprint density at radius 3 is 2.61 bits per heavy atom. The molecule has 0 spiro atoms. The monoisotopic (exact) mass is 248 g/mol. The zero-order valence-electron chi connectivity index (χ0n) is 10.3. The molecule has 0 unspecified atom stereocenters. The lowest BCUT2D eigenvalue weighted by Gasteiger charge is -2.17. The summed E-state index contributed by atoms with van der Waals surface area (Å²) < 4.78 is 5.48. The number of benzene rings is 1. The number of hydrogen-bond donors (Lipinski definition) is 1. The molecule has 0 amide bonds. The molecule has 0 atom stereocenters. The normalized spacial score (nSPS) is 10.1. The number of aliphatic carboxylic acids is 1. The lowest BCUT2D eigenvalue weighted by atomic mass is 10.2. The van der Waals surface area contributed by atoms with Gasteiger partial charge in [0.1, 0.15) is 12.4 Å². The van der Waals surface area contributed by atoms with Gasteiger partial charge in [0.05, 0.1) is 18.2 Å². The van der Waals surface area contributed by atoms with Crippen LogP contribution in [0.25, 0.3) is 0 Å². The summed E-state index contributed by atoms with van der Waals surface area (Å²) in [6.45, 7) is 3.58. The largest absolute Gasteiger partial charge is 0.492 e. The number of ether oxygens (including phenoxy) is 1. The standard InChI is InChI=1S/C13H16N2O3/c1-2-15(10-13(16)17)7-8-18-12-5-3-11(9-14)4-6-12/h3-6H,2,7-8,10H2,1H3,(H,16,17). The molecule has 1 aromatic carbocycles. The fourth-order valence-electron chi connectivity index (χ4n) is 1.46. The zero-order chi connectivity index (χ0) is 13.4. The van der Waals surface area contributed by atoms with Crippen molar-refractivity contribution in [1.82, 2.24) is 4.90 Å². The van der Waals surface area contributed by atoms with Crippen molar-refractivity contribution in [2.24, 2.45) is 0 Å². The highest BCUT2D eigenvalue weighted by atomic mass is 16.5. The van der Waals surface area contributed by atoms with E-state index in [2.05, 4.69) is 0 Å². The molecule has 0 saturated heterocycles. The maximum absolute atomic E-state index is 10.6. The Kier molecular flexibility index (Phi) is 5.68. The van der Waals surface area contributed by atoms with E-state index in [1.54, 1.807) is 29.2 Å². The Morgan fingerprint density at radius 2 is 2.11 bits per heavy atom. The second-order valence-electron chi connectivity index (χ2n) is 3.75. The third-order valence-electron chi connectivity index (χ3n) is 2.47. The SMILES string of the molecule is CCN(CCOc1ccc(C#N)cc1)CC(=O)O. The molecule has 5 heteroatoms. The Labute approximate surface area is 106 Å². The van der Waals surface area contributed by atoms with E-state index in [4.69, 9.17) is 15.1 Å². The lowest BCUT2D eigenvalue weighted by Crippen LogP contribution is -2.33. The van der Waals surface area contributed by atoms with Crippen molar-refractivity contribution >= 4 is 5.97 Å². The minimum atomic E-state index is -0.838. The van der Waals surface area contributed by atoms with E-state index in [0.717, 1.165) is 0 Å². The van der Waals surface area contributed by atoms with E-state index in [9.17, 15) is 4.79 Å². The summed E-state index contributed by atoms with van der Waals surface area (Å²) in [5, 5.41) is 17.3. The summed E-state index contributed by atoms with van der Waals surface area (Å²) in [4.78, 5) is 12.3. The summed E-state index contributed by atoms with van der Waals surface area (Å²) in [6.07, 6.45) is 0. The fraction of sp³-hybridized carbons (Fsp3) is 0.385. The predicted molar refractivity (Wildman–Crippen MR) is 66.4 cm³/mol. The van der Waals surface area contributed by atoms with Gasteiger partial charge in [-0.25, -0.2) is 0 Å². The van der Waals surface area contributed by atoms with Gasteiger partial charge in [0.25, 0.3) is 0 Å². The van der Waals surface area contributed by atoms with E-state index < -0.39 is 5.97 Å². The van der Waals surface area contributed by atoms with Crippen molar-refractivity contribution in [3.05, 3.63) is 29.8 Å². The molecule has 0 heterocycles. The first kappa shape index (κ1) is 14.0. The van der Waals surface area contributed by atoms with Gasteiger partial charge in [0.2, 0.25) is 0 Å². The molecule has 18 heavy (non-hydrogen) atoms. The highest BCUT2D eigenvalue weighted by Crippen LogP contribution is 2.11. The van der Waals surface area contributed by atoms with E-state index in [1.807, 2.05) is 13.0 Å². The number of carboxylic acid groups (broad SMARTS) is 1. The van der Waals surface area contributed by atoms with Crippen LogP contribution >= 0.6 is 0 Å². The molecular weight excluding hydrogens is 232 g/mol. The quantitative estimate of drug-likeness (QED) is 0.788. The number of carbonyl (C=O) groups is 1. The van der Waals surface area contributed by atoms with Gasteiger partial charge < -0.3 is 9.84 Å². The van der Waals surface area contributed by atoms with Crippen LogP contribution in [0, 0.1) is 11.3 Å². The molecule has 1 N–H and O–H groups in total. The Hall–Kier alpha value is -2.06. The molecule has 0 aliphatic rings. The molecule has 1 aromatic rings. The minimum Gasteiger partial charge on any atom is -0.492 e. The van der Waals surface area contributed by atoms with Crippen LogP contribution in [0.1, 0.15) is 12.5 Å². The van der Waals surface area contributed by atoms with Crippen LogP contribution in [0.4, 0.5) is 0 Å². The minimum absolute atomic E-state index is 0.0211. The maximum Gasteiger partial charge on any atom is 0.317 e. The highest BCUT2D eigenvalue weighted by Gasteiger charge is 2.07. The molecule has 0 aromatic heterocycles. The first-order valence-corrected chi connectivity index (χ1v) is 5.72. The van der Waals surface area contributed by atoms with Crippen molar-refractivity contribution in [3.63, 3.8) is 0 Å². The Balaban J connectivity index is 2.36. The highest BCUT2D eigenvalue weighted by molar-refractivity contribution is 5.69. The van der Waals surface area contributed by atoms with Crippen LogP contribution in [-0.4, -0.2) is 42.2 Å². The van der Waals surface area contributed by atoms with Crippen molar-refractivity contribution < 1.29 is 14.6 Å². The number of nitrogens with zero attached hydrogens (tertiary/aromatic N) is 2. The Morgan fingerprint density at radius 1 is 1.44 bits per heavy atom. The van der Waals surface area contributed by atoms with Crippen molar-refractivity contribution in [1.29, 1.82) is 5.26 Å². The molecule has 96 valence electrons. The fourth-order valence-corrected chi connectivity index (χ4v) is 1.46. The molecule has 1 rings (SSSR count). The molecule has 0 radical (unpaired) electrons. The van der Waals surface area contributed by atoms with Gasteiger partial charge in [-0.15, -0.1) is 0 Å². The number of carboxylic acids is 1. The average Bonchev–Trinajstić information content (AvgIpc) is 2.38. The molecule has 0 saturated carbocycles. The van der Waals surface area contributed by atoms with Gasteiger partial charge in [0.15, 0.2) is 0 Å². The van der Waals surface area contributed by atoms with E-state index in [0.29, 0.717) is 31.0 Å². The number of rotatable bonds is 7. The smallest absolute Gasteiger partial charge is 0.317 e. The van der Waals surface area contributed by atoms with E-state index in [1.165, 1.54) is 0 Å². The molecule has 0 aliphatic carbocycles. The van der Waals surface area contributed by atoms with Crippen LogP contribution < -0.4 is 4.74 Å². The summed E-state index contributed by atoms with van der Waals surface area (Å²) >= 11 is 0. The molecular formula is C13H16N2O3. The second kappa shape index (κ2) is 7.30. The number of nitriles is 1. The van der Waals surface area contributed by atoms with Gasteiger partial charge >= 0.3 is 5.97 Å². The summed E-state index contributed by atoms with van der Waals surface area (Å²) in [5.74, 6) is -0.157. The average molecular weight is 248 g/mol. The second-order valence-corrected chi connectivity index (χ2v) is 3.75. The van der Waals surface area contributed by atoms with Crippen molar-refractivity contribution in [2.45, 2.75) is 6.92 Å². The summed E-state index contributed by atoms with van der Waals surface area (Å²) in [6, 6.07) is 8.86. The zero-order valence-corrected chi connectivity index (χ0v) is 10.3. The summed E-state index contributed by atoms with van der Waals surface area (Å²) in [7, 11) is 0. The third kappa shape index (κ3) is 4.85. The summed E-state index contributed by atoms with van der Waals surface area (Å²) in [5.41, 5.74) is 0.586. The van der Waals surface area contributed by atoms with Crippen molar-refractivity contribution in [3.8, 4) is 11.8 Å². The maximum atomic E-state index is 10.6. The predicted octanol–water partition coefficient (Wildman–Crippen LogP) is 1.34. The topological polar surface area (TPSA) is 73.6 Å². The molecule has 5 nitrogen and oxygen atoms in total. The first-order valence-electron chi connectivity index (χ1n) is 5.72. The van der Waals surface area contributed by atoms with Crippen LogP contribution in [0.2, 0.25) is 0 Å². The first-order chi connectivity index (χ1) is 8.65. The van der Waals surface area contributed by atoms with Crippen LogP contribution in [0.3, 0.4) is 0 Å². The number of likely N-dealkylation sites (N-methyl/N-ethyl adjacent to an activating group) is 1. The molecule has 0 fully saturated rings. The van der Waals surface area contributed by atoms with Gasteiger partial charge in [-0.3, -0.25) is 9.69 Å². The molecule has 0 bridgehead atoms. The van der Waals surface area contributed by atoms with Crippen LogP contribution in [-0.2, 0) is 4.79 Å². The van der Waals surface area contributed by atoms with Gasteiger partial charge in [-0.1, -0.05) is 6.92 Å². The molecule has 0 aliphatic heterocycles. The van der Waals surface area contributed by atoms with E-state index in [-0.39, 0.29) is 6.54 Å².